The topological polar surface area (TPSA) is 29.1 Å². The molecule has 1 heterocycles. The van der Waals surface area contributed by atoms with E-state index < -0.39 is 0 Å². The first-order valence-corrected chi connectivity index (χ1v) is 9.88. The molecule has 1 aliphatic rings. The summed E-state index contributed by atoms with van der Waals surface area (Å²) >= 11 is 5.27. The second-order valence-electron chi connectivity index (χ2n) is 6.44. The summed E-state index contributed by atoms with van der Waals surface area (Å²) in [5.41, 5.74) is 3.92. The predicted molar refractivity (Wildman–Crippen MR) is 102 cm³/mol. The van der Waals surface area contributed by atoms with Gasteiger partial charge in [0.15, 0.2) is 0 Å². The number of amides is 1. The largest absolute Gasteiger partial charge is 0.322 e. The lowest BCUT2D eigenvalue weighted by Crippen LogP contribution is -2.12. The molecule has 0 radical (unpaired) electrons. The van der Waals surface area contributed by atoms with E-state index in [-0.39, 0.29) is 5.91 Å². The number of hydrogen-bond acceptors (Lipinski definition) is 2. The molecule has 1 saturated carbocycles. The number of carbonyl (C=O) groups excluding carboxylic acids is 1. The molecule has 3 rings (SSSR count). The Morgan fingerprint density at radius 1 is 1.13 bits per heavy atom. The summed E-state index contributed by atoms with van der Waals surface area (Å²) in [7, 11) is 0. The molecular weight excluding hydrogens is 370 g/mol. The van der Waals surface area contributed by atoms with E-state index in [1.807, 2.05) is 18.4 Å². The van der Waals surface area contributed by atoms with E-state index in [0.717, 1.165) is 21.3 Å². The lowest BCUT2D eigenvalue weighted by atomic mass is 9.88. The monoisotopic (exact) mass is 391 g/mol. The number of anilines is 1. The Labute approximate surface area is 150 Å². The molecule has 1 aromatic carbocycles. The third kappa shape index (κ3) is 3.86. The summed E-state index contributed by atoms with van der Waals surface area (Å²) in [6, 6.07) is 6.16. The summed E-state index contributed by atoms with van der Waals surface area (Å²) in [5.74, 6) is 0.646. The van der Waals surface area contributed by atoms with Crippen LogP contribution in [0.5, 0.6) is 0 Å². The molecule has 1 amide bonds. The predicted octanol–water partition coefficient (Wildman–Crippen LogP) is 6.43. The Balaban J connectivity index is 1.74. The van der Waals surface area contributed by atoms with Gasteiger partial charge in [0.25, 0.3) is 5.91 Å². The van der Waals surface area contributed by atoms with Gasteiger partial charge in [-0.25, -0.2) is 0 Å². The minimum absolute atomic E-state index is 0.0119. The van der Waals surface area contributed by atoms with E-state index in [9.17, 15) is 4.79 Å². The molecule has 1 N–H and O–H groups in total. The molecule has 0 atom stereocenters. The Bertz CT molecular complexity index is 716. The minimum Gasteiger partial charge on any atom is -0.322 e. The molecule has 0 unspecified atom stereocenters. The summed E-state index contributed by atoms with van der Waals surface area (Å²) < 4.78 is 1.02. The summed E-state index contributed by atoms with van der Waals surface area (Å²) in [5, 5.41) is 5.05. The molecule has 122 valence electrons. The zero-order chi connectivity index (χ0) is 16.4. The van der Waals surface area contributed by atoms with Gasteiger partial charge >= 0.3 is 0 Å². The second kappa shape index (κ2) is 7.18. The van der Waals surface area contributed by atoms with Crippen LogP contribution in [0.4, 0.5) is 5.69 Å². The fourth-order valence-electron chi connectivity index (χ4n) is 3.23. The van der Waals surface area contributed by atoms with Crippen LogP contribution in [0.3, 0.4) is 0 Å². The van der Waals surface area contributed by atoms with E-state index in [4.69, 9.17) is 0 Å². The van der Waals surface area contributed by atoms with Crippen molar-refractivity contribution in [2.24, 2.45) is 0 Å². The van der Waals surface area contributed by atoms with Crippen LogP contribution >= 0.6 is 27.3 Å². The lowest BCUT2D eigenvalue weighted by molar-refractivity contribution is 0.102. The van der Waals surface area contributed by atoms with Crippen molar-refractivity contribution >= 4 is 38.9 Å². The van der Waals surface area contributed by atoms with Crippen LogP contribution in [0.2, 0.25) is 0 Å². The number of benzene rings is 1. The van der Waals surface area contributed by atoms with Gasteiger partial charge in [-0.15, -0.1) is 11.3 Å². The molecule has 0 bridgehead atoms. The van der Waals surface area contributed by atoms with Crippen molar-refractivity contribution in [2.75, 3.05) is 5.32 Å². The third-order valence-corrected chi connectivity index (χ3v) is 6.59. The molecule has 2 nitrogen and oxygen atoms in total. The van der Waals surface area contributed by atoms with E-state index >= 15 is 0 Å². The van der Waals surface area contributed by atoms with Gasteiger partial charge in [-0.3, -0.25) is 4.79 Å². The summed E-state index contributed by atoms with van der Waals surface area (Å²) in [6.45, 7) is 4.08. The summed E-state index contributed by atoms with van der Waals surface area (Å²) in [4.78, 5) is 13.9. The average molecular weight is 392 g/mol. The van der Waals surface area contributed by atoms with Gasteiger partial charge in [0.1, 0.15) is 0 Å². The molecule has 0 spiro atoms. The van der Waals surface area contributed by atoms with Crippen LogP contribution in [0.1, 0.15) is 64.4 Å². The van der Waals surface area contributed by atoms with Gasteiger partial charge in [-0.2, -0.15) is 0 Å². The number of rotatable bonds is 3. The highest BCUT2D eigenvalue weighted by Crippen LogP contribution is 2.36. The van der Waals surface area contributed by atoms with Crippen LogP contribution in [-0.2, 0) is 0 Å². The van der Waals surface area contributed by atoms with E-state index in [2.05, 4.69) is 40.3 Å². The zero-order valence-corrected chi connectivity index (χ0v) is 16.0. The summed E-state index contributed by atoms with van der Waals surface area (Å²) in [6.07, 6.45) is 6.54. The number of aryl methyl sites for hydroxylation is 2. The Morgan fingerprint density at radius 3 is 2.61 bits per heavy atom. The van der Waals surface area contributed by atoms with Crippen LogP contribution in [0.25, 0.3) is 0 Å². The second-order valence-corrected chi connectivity index (χ2v) is 8.24. The van der Waals surface area contributed by atoms with Crippen molar-refractivity contribution in [1.82, 2.24) is 0 Å². The highest BCUT2D eigenvalue weighted by atomic mass is 79.9. The molecule has 2 aromatic rings. The molecular formula is C19H22BrNOS. The Hall–Kier alpha value is -1.13. The van der Waals surface area contributed by atoms with Crippen LogP contribution in [-0.4, -0.2) is 5.91 Å². The van der Waals surface area contributed by atoms with Crippen LogP contribution < -0.4 is 5.32 Å². The van der Waals surface area contributed by atoms with Gasteiger partial charge in [0.2, 0.25) is 0 Å². The van der Waals surface area contributed by atoms with Crippen molar-refractivity contribution in [3.63, 3.8) is 0 Å². The van der Waals surface area contributed by atoms with Crippen molar-refractivity contribution in [3.8, 4) is 0 Å². The number of hydrogen-bond donors (Lipinski definition) is 1. The van der Waals surface area contributed by atoms with E-state index in [1.54, 1.807) is 11.3 Å². The Kier molecular flexibility index (Phi) is 5.22. The van der Waals surface area contributed by atoms with Crippen molar-refractivity contribution in [3.05, 3.63) is 49.6 Å². The fraction of sp³-hybridized carbons (Fsp3) is 0.421. The normalized spacial score (nSPS) is 15.6. The van der Waals surface area contributed by atoms with Gasteiger partial charge in [0, 0.05) is 20.4 Å². The van der Waals surface area contributed by atoms with E-state index in [1.165, 1.54) is 42.5 Å². The van der Waals surface area contributed by atoms with E-state index in [0.29, 0.717) is 5.92 Å². The van der Waals surface area contributed by atoms with Crippen LogP contribution in [0, 0.1) is 13.8 Å². The molecule has 0 saturated heterocycles. The number of halogens is 1. The smallest absolute Gasteiger partial charge is 0.256 e. The number of carbonyl (C=O) groups is 1. The first-order valence-electron chi connectivity index (χ1n) is 8.21. The van der Waals surface area contributed by atoms with Gasteiger partial charge in [0.05, 0.1) is 5.56 Å². The SMILES string of the molecule is Cc1cc(C)c(NC(=O)c2csc(C3CCCCC3)c2)cc1Br. The first kappa shape index (κ1) is 16.7. The highest BCUT2D eigenvalue weighted by molar-refractivity contribution is 9.10. The molecule has 1 aromatic heterocycles. The van der Waals surface area contributed by atoms with Crippen molar-refractivity contribution in [2.45, 2.75) is 51.9 Å². The van der Waals surface area contributed by atoms with Crippen LogP contribution in [0.15, 0.2) is 28.1 Å². The molecule has 1 fully saturated rings. The van der Waals surface area contributed by atoms with Gasteiger partial charge in [-0.05, 0) is 55.9 Å². The quantitative estimate of drug-likeness (QED) is 0.641. The Morgan fingerprint density at radius 2 is 1.87 bits per heavy atom. The average Bonchev–Trinajstić information content (AvgIpc) is 3.03. The zero-order valence-electron chi connectivity index (χ0n) is 13.6. The number of nitrogens with one attached hydrogen (secondary N) is 1. The maximum atomic E-state index is 12.5. The molecule has 0 aliphatic heterocycles. The van der Waals surface area contributed by atoms with Gasteiger partial charge < -0.3 is 5.32 Å². The highest BCUT2D eigenvalue weighted by Gasteiger charge is 2.19. The standard InChI is InChI=1S/C19H22BrNOS/c1-12-8-13(2)17(10-16(12)20)21-19(22)15-9-18(23-11-15)14-6-4-3-5-7-14/h8-11,14H,3-7H2,1-2H3,(H,21,22). The van der Waals surface area contributed by atoms with Crippen molar-refractivity contribution < 1.29 is 4.79 Å². The maximum absolute atomic E-state index is 12.5. The molecule has 1 aliphatic carbocycles. The maximum Gasteiger partial charge on any atom is 0.256 e. The minimum atomic E-state index is -0.0119. The number of thiophene rings is 1. The fourth-order valence-corrected chi connectivity index (χ4v) is 4.63. The van der Waals surface area contributed by atoms with Gasteiger partial charge in [-0.1, -0.05) is 41.3 Å². The first-order chi connectivity index (χ1) is 11.0. The van der Waals surface area contributed by atoms with Crippen molar-refractivity contribution in [1.29, 1.82) is 0 Å². The lowest BCUT2D eigenvalue weighted by Gasteiger charge is -2.19. The molecule has 23 heavy (non-hydrogen) atoms. The third-order valence-electron chi connectivity index (χ3n) is 4.64. The molecule has 4 heteroatoms.